The van der Waals surface area contributed by atoms with Crippen LogP contribution in [0, 0.1) is 0 Å². The molecule has 0 aromatic rings. The van der Waals surface area contributed by atoms with Gasteiger partial charge in [-0.05, 0) is 46.6 Å². The molecule has 1 aliphatic heterocycles. The molecule has 1 amide bonds. The summed E-state index contributed by atoms with van der Waals surface area (Å²) < 4.78 is 5.46. The molecule has 1 saturated heterocycles. The number of rotatable bonds is 2. The average molecular weight is 225 g/mol. The van der Waals surface area contributed by atoms with Crippen molar-refractivity contribution in [2.75, 3.05) is 7.11 Å². The molecule has 0 saturated carbocycles. The smallest absolute Gasteiger partial charge is 0.246 e. The average Bonchev–Trinajstić information content (AvgIpc) is 2.13. The molecular formula is C13H23NO2. The molecular weight excluding hydrogens is 202 g/mol. The molecule has 3 heteroatoms. The van der Waals surface area contributed by atoms with Crippen LogP contribution in [0.1, 0.15) is 40.5 Å². The lowest BCUT2D eigenvalue weighted by atomic mass is 9.78. The fourth-order valence-electron chi connectivity index (χ4n) is 3.04. The highest BCUT2D eigenvalue weighted by Gasteiger charge is 2.47. The zero-order valence-corrected chi connectivity index (χ0v) is 11.0. The first-order chi connectivity index (χ1) is 7.24. The Morgan fingerprint density at radius 1 is 1.31 bits per heavy atom. The van der Waals surface area contributed by atoms with E-state index in [0.717, 1.165) is 12.8 Å². The van der Waals surface area contributed by atoms with Crippen LogP contribution in [-0.2, 0) is 9.53 Å². The monoisotopic (exact) mass is 225 g/mol. The normalized spacial score (nSPS) is 24.2. The van der Waals surface area contributed by atoms with Gasteiger partial charge in [-0.1, -0.05) is 6.58 Å². The summed E-state index contributed by atoms with van der Waals surface area (Å²) in [5.41, 5.74) is -0.374. The van der Waals surface area contributed by atoms with Crippen LogP contribution < -0.4 is 0 Å². The summed E-state index contributed by atoms with van der Waals surface area (Å²) in [5, 5.41) is 0. The Kier molecular flexibility index (Phi) is 3.48. The molecule has 3 nitrogen and oxygen atoms in total. The van der Waals surface area contributed by atoms with Gasteiger partial charge >= 0.3 is 0 Å². The molecule has 1 aliphatic rings. The molecule has 0 spiro atoms. The number of amides is 1. The third kappa shape index (κ3) is 2.29. The molecule has 0 unspecified atom stereocenters. The second-order valence-electron chi connectivity index (χ2n) is 5.77. The number of piperidine rings is 1. The van der Waals surface area contributed by atoms with Gasteiger partial charge in [-0.25, -0.2) is 0 Å². The van der Waals surface area contributed by atoms with Crippen LogP contribution in [0.4, 0.5) is 0 Å². The number of carbonyl (C=O) groups is 1. The van der Waals surface area contributed by atoms with E-state index in [2.05, 4.69) is 34.3 Å². The van der Waals surface area contributed by atoms with E-state index in [1.54, 1.807) is 7.11 Å². The maximum Gasteiger partial charge on any atom is 0.246 e. The van der Waals surface area contributed by atoms with E-state index in [1.165, 1.54) is 6.08 Å². The molecule has 0 aromatic heterocycles. The fraction of sp³-hybridized carbons (Fsp3) is 0.769. The van der Waals surface area contributed by atoms with Gasteiger partial charge in [-0.3, -0.25) is 4.79 Å². The Labute approximate surface area is 98.5 Å². The Hall–Kier alpha value is -0.830. The highest BCUT2D eigenvalue weighted by Crippen LogP contribution is 2.39. The molecule has 0 radical (unpaired) electrons. The predicted molar refractivity (Wildman–Crippen MR) is 65.2 cm³/mol. The number of nitrogens with zero attached hydrogens (tertiary/aromatic N) is 1. The second kappa shape index (κ2) is 4.21. The van der Waals surface area contributed by atoms with Gasteiger partial charge in [0.2, 0.25) is 5.91 Å². The molecule has 16 heavy (non-hydrogen) atoms. The largest absolute Gasteiger partial charge is 0.381 e. The zero-order chi connectivity index (χ0) is 12.6. The Morgan fingerprint density at radius 2 is 1.75 bits per heavy atom. The Balaban J connectivity index is 3.05. The van der Waals surface area contributed by atoms with E-state index < -0.39 is 0 Å². The van der Waals surface area contributed by atoms with Crippen LogP contribution in [0.2, 0.25) is 0 Å². The van der Waals surface area contributed by atoms with Gasteiger partial charge < -0.3 is 9.64 Å². The maximum atomic E-state index is 12.0. The lowest BCUT2D eigenvalue weighted by Crippen LogP contribution is -2.63. The molecule has 92 valence electrons. The molecule has 0 atom stereocenters. The highest BCUT2D eigenvalue weighted by molar-refractivity contribution is 5.88. The lowest BCUT2D eigenvalue weighted by Gasteiger charge is -2.54. The van der Waals surface area contributed by atoms with E-state index in [9.17, 15) is 4.79 Å². The van der Waals surface area contributed by atoms with Crippen LogP contribution in [-0.4, -0.2) is 35.1 Å². The van der Waals surface area contributed by atoms with Gasteiger partial charge in [0.25, 0.3) is 0 Å². The molecule has 1 heterocycles. The van der Waals surface area contributed by atoms with Crippen molar-refractivity contribution in [2.45, 2.75) is 57.7 Å². The quantitative estimate of drug-likeness (QED) is 0.675. The predicted octanol–water partition coefficient (Wildman–Crippen LogP) is 2.37. The zero-order valence-electron chi connectivity index (χ0n) is 11.0. The van der Waals surface area contributed by atoms with Crippen molar-refractivity contribution in [2.24, 2.45) is 0 Å². The fourth-order valence-corrected chi connectivity index (χ4v) is 3.04. The molecule has 0 bridgehead atoms. The van der Waals surface area contributed by atoms with Crippen LogP contribution in [0.3, 0.4) is 0 Å². The van der Waals surface area contributed by atoms with Crippen LogP contribution in [0.25, 0.3) is 0 Å². The lowest BCUT2D eigenvalue weighted by molar-refractivity contribution is -0.151. The Bertz CT molecular complexity index is 276. The number of hydrogen-bond donors (Lipinski definition) is 0. The first-order valence-corrected chi connectivity index (χ1v) is 5.74. The first kappa shape index (κ1) is 13.2. The minimum atomic E-state index is -0.187. The van der Waals surface area contributed by atoms with Crippen molar-refractivity contribution in [1.82, 2.24) is 4.90 Å². The number of methoxy groups -OCH3 is 1. The van der Waals surface area contributed by atoms with Crippen molar-refractivity contribution < 1.29 is 9.53 Å². The summed E-state index contributed by atoms with van der Waals surface area (Å²) in [6.45, 7) is 11.9. The van der Waals surface area contributed by atoms with E-state index >= 15 is 0 Å². The molecule has 0 N–H and O–H groups in total. The summed E-state index contributed by atoms with van der Waals surface area (Å²) in [5.74, 6) is 0.00422. The van der Waals surface area contributed by atoms with Crippen molar-refractivity contribution in [1.29, 1.82) is 0 Å². The third-order valence-corrected chi connectivity index (χ3v) is 3.39. The topological polar surface area (TPSA) is 29.5 Å². The van der Waals surface area contributed by atoms with Gasteiger partial charge in [0, 0.05) is 18.2 Å². The molecule has 0 aromatic carbocycles. The summed E-state index contributed by atoms with van der Waals surface area (Å²) in [7, 11) is 1.74. The van der Waals surface area contributed by atoms with E-state index in [1.807, 2.05) is 4.90 Å². The number of carbonyl (C=O) groups excluding carboxylic acids is 1. The maximum absolute atomic E-state index is 12.0. The van der Waals surface area contributed by atoms with Crippen LogP contribution in [0.15, 0.2) is 12.7 Å². The van der Waals surface area contributed by atoms with Crippen molar-refractivity contribution in [3.8, 4) is 0 Å². The summed E-state index contributed by atoms with van der Waals surface area (Å²) >= 11 is 0. The minimum absolute atomic E-state index is 0.00422. The summed E-state index contributed by atoms with van der Waals surface area (Å²) in [6.07, 6.45) is 3.36. The van der Waals surface area contributed by atoms with Gasteiger partial charge in [0.05, 0.1) is 6.10 Å². The highest BCUT2D eigenvalue weighted by atomic mass is 16.5. The minimum Gasteiger partial charge on any atom is -0.381 e. The summed E-state index contributed by atoms with van der Waals surface area (Å²) in [6, 6.07) is 0. The van der Waals surface area contributed by atoms with Gasteiger partial charge in [-0.2, -0.15) is 0 Å². The van der Waals surface area contributed by atoms with Crippen LogP contribution >= 0.6 is 0 Å². The van der Waals surface area contributed by atoms with Gasteiger partial charge in [0.15, 0.2) is 0 Å². The summed E-state index contributed by atoms with van der Waals surface area (Å²) in [4.78, 5) is 13.9. The number of likely N-dealkylation sites (tertiary alicyclic amines) is 1. The second-order valence-corrected chi connectivity index (χ2v) is 5.77. The molecule has 1 fully saturated rings. The van der Waals surface area contributed by atoms with Crippen LogP contribution in [0.5, 0.6) is 0 Å². The van der Waals surface area contributed by atoms with Crippen molar-refractivity contribution in [3.05, 3.63) is 12.7 Å². The standard InChI is InChI=1S/C13H23NO2/c1-7-11(15)14-12(2,3)8-10(16-6)9-13(14,4)5/h7,10H,1,8-9H2,2-6H3. The SMILES string of the molecule is C=CC(=O)N1C(C)(C)CC(OC)CC1(C)C. The van der Waals surface area contributed by atoms with Gasteiger partial charge in [0.1, 0.15) is 0 Å². The van der Waals surface area contributed by atoms with E-state index in [-0.39, 0.29) is 23.1 Å². The first-order valence-electron chi connectivity index (χ1n) is 5.74. The third-order valence-electron chi connectivity index (χ3n) is 3.39. The molecule has 1 rings (SSSR count). The van der Waals surface area contributed by atoms with E-state index in [0.29, 0.717) is 0 Å². The number of ether oxygens (including phenoxy) is 1. The Morgan fingerprint density at radius 3 is 2.06 bits per heavy atom. The van der Waals surface area contributed by atoms with Crippen molar-refractivity contribution in [3.63, 3.8) is 0 Å². The number of hydrogen-bond acceptors (Lipinski definition) is 2. The van der Waals surface area contributed by atoms with E-state index in [4.69, 9.17) is 4.74 Å². The molecule has 0 aliphatic carbocycles. The van der Waals surface area contributed by atoms with Crippen molar-refractivity contribution >= 4 is 5.91 Å². The van der Waals surface area contributed by atoms with Gasteiger partial charge in [-0.15, -0.1) is 0 Å².